The molecular formula is C10H14N2O2S. The van der Waals surface area contributed by atoms with E-state index >= 15 is 0 Å². The molecule has 5 heteroatoms. The molecule has 0 radical (unpaired) electrons. The first-order chi connectivity index (χ1) is 7.20. The minimum Gasteiger partial charge on any atom is -0.480 e. The Kier molecular flexibility index (Phi) is 2.90. The summed E-state index contributed by atoms with van der Waals surface area (Å²) in [5, 5.41) is 14.7. The Bertz CT molecular complexity index is 360. The predicted octanol–water partition coefficient (Wildman–Crippen LogP) is 1.98. The Balaban J connectivity index is 2.01. The van der Waals surface area contributed by atoms with Gasteiger partial charge in [0.05, 0.1) is 5.69 Å². The third-order valence-corrected chi connectivity index (χ3v) is 3.37. The third-order valence-electron chi connectivity index (χ3n) is 2.55. The van der Waals surface area contributed by atoms with Crippen LogP contribution in [0.4, 0.5) is 5.13 Å². The lowest BCUT2D eigenvalue weighted by molar-refractivity contribution is -0.138. The summed E-state index contributed by atoms with van der Waals surface area (Å²) in [4.78, 5) is 15.3. The van der Waals surface area contributed by atoms with Crippen molar-refractivity contribution in [2.24, 2.45) is 5.92 Å². The zero-order chi connectivity index (χ0) is 10.8. The highest BCUT2D eigenvalue weighted by Crippen LogP contribution is 2.34. The van der Waals surface area contributed by atoms with Gasteiger partial charge in [-0.25, -0.2) is 9.78 Å². The fourth-order valence-electron chi connectivity index (χ4n) is 1.48. The van der Waals surface area contributed by atoms with Crippen molar-refractivity contribution in [2.75, 3.05) is 5.32 Å². The number of carboxylic acids is 1. The monoisotopic (exact) mass is 226 g/mol. The summed E-state index contributed by atoms with van der Waals surface area (Å²) in [6.45, 7) is 2.04. The van der Waals surface area contributed by atoms with Gasteiger partial charge in [-0.2, -0.15) is 0 Å². The van der Waals surface area contributed by atoms with Gasteiger partial charge in [-0.15, -0.1) is 11.3 Å². The van der Waals surface area contributed by atoms with E-state index in [0.29, 0.717) is 0 Å². The van der Waals surface area contributed by atoms with Crippen LogP contribution in [0.15, 0.2) is 5.38 Å². The molecule has 0 amide bonds. The van der Waals surface area contributed by atoms with E-state index in [4.69, 9.17) is 5.11 Å². The molecule has 1 fully saturated rings. The van der Waals surface area contributed by atoms with Crippen molar-refractivity contribution in [3.8, 4) is 0 Å². The first-order valence-electron chi connectivity index (χ1n) is 5.14. The number of aryl methyl sites for hydroxylation is 1. The summed E-state index contributed by atoms with van der Waals surface area (Å²) < 4.78 is 0. The van der Waals surface area contributed by atoms with Gasteiger partial charge in [0.15, 0.2) is 5.13 Å². The van der Waals surface area contributed by atoms with E-state index in [0.717, 1.165) is 30.1 Å². The highest BCUT2D eigenvalue weighted by molar-refractivity contribution is 7.13. The first kappa shape index (κ1) is 10.4. The topological polar surface area (TPSA) is 62.2 Å². The third kappa shape index (κ3) is 2.47. The van der Waals surface area contributed by atoms with Crippen molar-refractivity contribution in [1.29, 1.82) is 0 Å². The molecule has 0 saturated heterocycles. The molecule has 0 aromatic carbocycles. The average molecular weight is 226 g/mol. The van der Waals surface area contributed by atoms with Crippen LogP contribution >= 0.6 is 11.3 Å². The molecule has 82 valence electrons. The molecule has 1 aliphatic carbocycles. The number of carboxylic acid groups (broad SMARTS) is 1. The van der Waals surface area contributed by atoms with E-state index in [1.54, 1.807) is 0 Å². The van der Waals surface area contributed by atoms with Gasteiger partial charge in [0.2, 0.25) is 0 Å². The minimum absolute atomic E-state index is 0.288. The van der Waals surface area contributed by atoms with Crippen molar-refractivity contribution in [1.82, 2.24) is 4.98 Å². The predicted molar refractivity (Wildman–Crippen MR) is 59.3 cm³/mol. The van der Waals surface area contributed by atoms with Gasteiger partial charge >= 0.3 is 5.97 Å². The minimum atomic E-state index is -0.772. The molecule has 2 N–H and O–H groups in total. The number of anilines is 1. The van der Waals surface area contributed by atoms with E-state index in [1.807, 2.05) is 12.3 Å². The van der Waals surface area contributed by atoms with Crippen molar-refractivity contribution >= 4 is 22.4 Å². The number of hydrogen-bond acceptors (Lipinski definition) is 4. The van der Waals surface area contributed by atoms with Crippen molar-refractivity contribution < 1.29 is 9.90 Å². The van der Waals surface area contributed by atoms with E-state index in [9.17, 15) is 4.79 Å². The van der Waals surface area contributed by atoms with Crippen molar-refractivity contribution in [3.05, 3.63) is 11.1 Å². The summed E-state index contributed by atoms with van der Waals surface area (Å²) in [7, 11) is 0. The van der Waals surface area contributed by atoms with Crippen molar-refractivity contribution in [2.45, 2.75) is 32.2 Å². The molecule has 0 aliphatic heterocycles. The number of thiazole rings is 1. The van der Waals surface area contributed by atoms with Crippen LogP contribution in [0.1, 0.15) is 25.5 Å². The van der Waals surface area contributed by atoms with Crippen LogP contribution in [0, 0.1) is 5.92 Å². The smallest absolute Gasteiger partial charge is 0.326 e. The van der Waals surface area contributed by atoms with Gasteiger partial charge in [0.1, 0.15) is 6.04 Å². The van der Waals surface area contributed by atoms with E-state index in [1.165, 1.54) is 11.3 Å². The summed E-state index contributed by atoms with van der Waals surface area (Å²) in [5.41, 5.74) is 1.02. The molecule has 0 spiro atoms. The zero-order valence-corrected chi connectivity index (χ0v) is 9.38. The Morgan fingerprint density at radius 1 is 1.80 bits per heavy atom. The Morgan fingerprint density at radius 3 is 3.00 bits per heavy atom. The highest BCUT2D eigenvalue weighted by Gasteiger charge is 2.36. The molecule has 1 atom stereocenters. The van der Waals surface area contributed by atoms with Gasteiger partial charge in [-0.3, -0.25) is 0 Å². The molecule has 1 heterocycles. The van der Waals surface area contributed by atoms with Crippen molar-refractivity contribution in [3.63, 3.8) is 0 Å². The van der Waals surface area contributed by atoms with Gasteiger partial charge in [-0.1, -0.05) is 6.92 Å². The second kappa shape index (κ2) is 4.18. The maximum atomic E-state index is 11.0. The largest absolute Gasteiger partial charge is 0.480 e. The standard InChI is InChI=1S/C10H14N2O2S/c1-2-7-5-15-10(11-7)12-8(9(13)14)6-3-4-6/h5-6,8H,2-4H2,1H3,(H,11,12)(H,13,14). The molecule has 4 nitrogen and oxygen atoms in total. The molecule has 1 aromatic heterocycles. The molecule has 1 aliphatic rings. The molecule has 1 unspecified atom stereocenters. The maximum absolute atomic E-state index is 11.0. The summed E-state index contributed by atoms with van der Waals surface area (Å²) in [6.07, 6.45) is 2.91. The molecule has 2 rings (SSSR count). The van der Waals surface area contributed by atoms with E-state index in [2.05, 4.69) is 10.3 Å². The zero-order valence-electron chi connectivity index (χ0n) is 8.56. The maximum Gasteiger partial charge on any atom is 0.326 e. The molecule has 15 heavy (non-hydrogen) atoms. The average Bonchev–Trinajstić information content (AvgIpc) is 2.94. The normalized spacial score (nSPS) is 17.4. The lowest BCUT2D eigenvalue weighted by atomic mass is 10.2. The molecule has 1 saturated carbocycles. The fraction of sp³-hybridized carbons (Fsp3) is 0.600. The van der Waals surface area contributed by atoms with Gasteiger partial charge in [0, 0.05) is 5.38 Å². The SMILES string of the molecule is CCc1csc(NC(C(=O)O)C2CC2)n1. The summed E-state index contributed by atoms with van der Waals surface area (Å²) in [5.74, 6) is -0.484. The second-order valence-corrected chi connectivity index (χ2v) is 4.65. The molecule has 1 aromatic rings. The number of nitrogens with one attached hydrogen (secondary N) is 1. The first-order valence-corrected chi connectivity index (χ1v) is 6.02. The molecule has 0 bridgehead atoms. The number of rotatable bonds is 5. The quantitative estimate of drug-likeness (QED) is 0.806. The van der Waals surface area contributed by atoms with Crippen LogP contribution in [-0.2, 0) is 11.2 Å². The summed E-state index contributed by atoms with van der Waals surface area (Å²) >= 11 is 1.48. The Morgan fingerprint density at radius 2 is 2.53 bits per heavy atom. The van der Waals surface area contributed by atoms with E-state index < -0.39 is 12.0 Å². The van der Waals surface area contributed by atoms with Crippen LogP contribution in [0.5, 0.6) is 0 Å². The van der Waals surface area contributed by atoms with E-state index in [-0.39, 0.29) is 5.92 Å². The second-order valence-electron chi connectivity index (χ2n) is 3.80. The van der Waals surface area contributed by atoms with Gasteiger partial charge in [0.25, 0.3) is 0 Å². The number of carbonyl (C=O) groups is 1. The van der Waals surface area contributed by atoms with Crippen LogP contribution < -0.4 is 5.32 Å². The Labute approximate surface area is 92.3 Å². The lowest BCUT2D eigenvalue weighted by Crippen LogP contribution is -2.31. The number of aromatic nitrogens is 1. The van der Waals surface area contributed by atoms with Crippen LogP contribution in [0.25, 0.3) is 0 Å². The highest BCUT2D eigenvalue weighted by atomic mass is 32.1. The van der Waals surface area contributed by atoms with Crippen LogP contribution in [0.3, 0.4) is 0 Å². The number of nitrogens with zero attached hydrogens (tertiary/aromatic N) is 1. The number of aliphatic carboxylic acids is 1. The van der Waals surface area contributed by atoms with Gasteiger partial charge < -0.3 is 10.4 Å². The Hall–Kier alpha value is -1.10. The molecular weight excluding hydrogens is 212 g/mol. The lowest BCUT2D eigenvalue weighted by Gasteiger charge is -2.11. The summed E-state index contributed by atoms with van der Waals surface area (Å²) in [6, 6.07) is -0.458. The van der Waals surface area contributed by atoms with Crippen LogP contribution in [-0.4, -0.2) is 22.1 Å². The fourth-order valence-corrected chi connectivity index (χ4v) is 2.31. The number of hydrogen-bond donors (Lipinski definition) is 2. The van der Waals surface area contributed by atoms with Gasteiger partial charge in [-0.05, 0) is 25.2 Å². The van der Waals surface area contributed by atoms with Crippen LogP contribution in [0.2, 0.25) is 0 Å².